The summed E-state index contributed by atoms with van der Waals surface area (Å²) in [5, 5.41) is 0.565. The van der Waals surface area contributed by atoms with Gasteiger partial charge in [0.2, 0.25) is 5.91 Å². The molecule has 132 valence electrons. The third kappa shape index (κ3) is 5.46. The van der Waals surface area contributed by atoms with Gasteiger partial charge >= 0.3 is 0 Å². The van der Waals surface area contributed by atoms with Crippen LogP contribution in [0.3, 0.4) is 0 Å². The van der Waals surface area contributed by atoms with Crippen LogP contribution >= 0.6 is 11.8 Å². The van der Waals surface area contributed by atoms with Crippen molar-refractivity contribution in [3.8, 4) is 0 Å². The number of amides is 1. The number of thioether (sulfide) groups is 1. The molecule has 0 radical (unpaired) electrons. The first-order valence-corrected chi connectivity index (χ1v) is 9.74. The first kappa shape index (κ1) is 17.7. The van der Waals surface area contributed by atoms with Crippen LogP contribution in [0.4, 0.5) is 0 Å². The van der Waals surface area contributed by atoms with Crippen LogP contribution in [0.5, 0.6) is 0 Å². The van der Waals surface area contributed by atoms with E-state index in [-0.39, 0.29) is 17.9 Å². The first-order valence-electron chi connectivity index (χ1n) is 8.75. The van der Waals surface area contributed by atoms with E-state index in [2.05, 4.69) is 9.97 Å². The summed E-state index contributed by atoms with van der Waals surface area (Å²) in [5.41, 5.74) is 1.51. The maximum absolute atomic E-state index is 12.5. The smallest absolute Gasteiger partial charge is 0.251 e. The van der Waals surface area contributed by atoms with Crippen molar-refractivity contribution in [3.05, 3.63) is 58.0 Å². The Morgan fingerprint density at radius 3 is 2.56 bits per heavy atom. The van der Waals surface area contributed by atoms with Gasteiger partial charge in [-0.25, -0.2) is 4.98 Å². The number of benzene rings is 1. The lowest BCUT2D eigenvalue weighted by molar-refractivity contribution is -0.130. The third-order valence-corrected chi connectivity index (χ3v) is 5.23. The number of nitrogens with zero attached hydrogens (tertiary/aromatic N) is 2. The summed E-state index contributed by atoms with van der Waals surface area (Å²) in [6.07, 6.45) is 4.70. The number of carbonyl (C=O) groups is 1. The molecule has 1 aliphatic rings. The van der Waals surface area contributed by atoms with Gasteiger partial charge in [0.1, 0.15) is 0 Å². The number of H-pyrrole nitrogens is 1. The molecule has 0 spiro atoms. The van der Waals surface area contributed by atoms with Gasteiger partial charge in [-0.15, -0.1) is 0 Å². The van der Waals surface area contributed by atoms with E-state index < -0.39 is 0 Å². The molecule has 1 N–H and O–H groups in total. The van der Waals surface area contributed by atoms with Crippen molar-refractivity contribution >= 4 is 17.7 Å². The molecule has 0 bridgehead atoms. The topological polar surface area (TPSA) is 66.1 Å². The number of aromatic nitrogens is 2. The average molecular weight is 357 g/mol. The Kier molecular flexibility index (Phi) is 6.28. The summed E-state index contributed by atoms with van der Waals surface area (Å²) in [5.74, 6) is 0.798. The van der Waals surface area contributed by atoms with Crippen LogP contribution in [0, 0.1) is 0 Å². The second-order valence-corrected chi connectivity index (χ2v) is 7.25. The predicted octanol–water partition coefficient (Wildman–Crippen LogP) is 3.01. The van der Waals surface area contributed by atoms with E-state index in [1.165, 1.54) is 36.2 Å². The van der Waals surface area contributed by atoms with E-state index in [9.17, 15) is 9.59 Å². The molecule has 1 aromatic carbocycles. The molecule has 1 amide bonds. The van der Waals surface area contributed by atoms with Crippen molar-refractivity contribution in [2.45, 2.75) is 43.0 Å². The fourth-order valence-electron chi connectivity index (χ4n) is 2.96. The number of rotatable bonds is 5. The summed E-state index contributed by atoms with van der Waals surface area (Å²) in [6, 6.07) is 11.5. The van der Waals surface area contributed by atoms with Crippen molar-refractivity contribution in [1.29, 1.82) is 0 Å². The molecule has 1 aliphatic heterocycles. The van der Waals surface area contributed by atoms with Crippen LogP contribution in [0.1, 0.15) is 36.9 Å². The number of carbonyl (C=O) groups excluding carboxylic acids is 1. The number of nitrogens with one attached hydrogen (secondary N) is 1. The van der Waals surface area contributed by atoms with Crippen LogP contribution in [0.2, 0.25) is 0 Å². The van der Waals surface area contributed by atoms with E-state index in [1.807, 2.05) is 35.2 Å². The Bertz CT molecular complexity index is 753. The number of aromatic amines is 1. The number of hydrogen-bond acceptors (Lipinski definition) is 4. The van der Waals surface area contributed by atoms with Gasteiger partial charge in [-0.1, -0.05) is 54.9 Å². The molecule has 25 heavy (non-hydrogen) atoms. The molecule has 0 atom stereocenters. The maximum atomic E-state index is 12.5. The minimum Gasteiger partial charge on any atom is -0.342 e. The Morgan fingerprint density at radius 1 is 1.12 bits per heavy atom. The molecule has 2 aromatic rings. The average Bonchev–Trinajstić information content (AvgIpc) is 2.90. The van der Waals surface area contributed by atoms with E-state index in [4.69, 9.17) is 0 Å². The second-order valence-electron chi connectivity index (χ2n) is 6.29. The maximum Gasteiger partial charge on any atom is 0.251 e. The molecule has 1 saturated heterocycles. The standard InChI is InChI=1S/C19H23N3O2S/c23-17-12-16(13-18(24)22-10-6-1-2-7-11-22)20-19(21-17)25-14-15-8-4-3-5-9-15/h3-5,8-9,12H,1-2,6-7,10-11,13-14H2,(H,20,21,23). The zero-order chi connectivity index (χ0) is 17.5. The van der Waals surface area contributed by atoms with E-state index in [0.717, 1.165) is 31.7 Å². The number of hydrogen-bond donors (Lipinski definition) is 1. The van der Waals surface area contributed by atoms with Gasteiger partial charge < -0.3 is 9.88 Å². The monoisotopic (exact) mass is 357 g/mol. The fraction of sp³-hybridized carbons (Fsp3) is 0.421. The molecule has 6 heteroatoms. The Hall–Kier alpha value is -2.08. The normalized spacial score (nSPS) is 15.0. The summed E-state index contributed by atoms with van der Waals surface area (Å²) in [7, 11) is 0. The molecule has 3 rings (SSSR count). The van der Waals surface area contributed by atoms with E-state index in [1.54, 1.807) is 0 Å². The molecular weight excluding hydrogens is 334 g/mol. The van der Waals surface area contributed by atoms with Gasteiger partial charge in [0.15, 0.2) is 5.16 Å². The Balaban J connectivity index is 1.64. The highest BCUT2D eigenvalue weighted by Gasteiger charge is 2.17. The van der Waals surface area contributed by atoms with Crippen LogP contribution in [-0.2, 0) is 17.0 Å². The van der Waals surface area contributed by atoms with Crippen molar-refractivity contribution in [1.82, 2.24) is 14.9 Å². The fourth-order valence-corrected chi connectivity index (χ4v) is 3.81. The largest absolute Gasteiger partial charge is 0.342 e. The minimum atomic E-state index is -0.204. The highest BCUT2D eigenvalue weighted by Crippen LogP contribution is 2.18. The zero-order valence-electron chi connectivity index (χ0n) is 14.2. The predicted molar refractivity (Wildman–Crippen MR) is 99.6 cm³/mol. The summed E-state index contributed by atoms with van der Waals surface area (Å²) in [6.45, 7) is 1.63. The molecule has 0 aliphatic carbocycles. The molecular formula is C19H23N3O2S. The van der Waals surface area contributed by atoms with Crippen molar-refractivity contribution in [3.63, 3.8) is 0 Å². The molecule has 5 nitrogen and oxygen atoms in total. The van der Waals surface area contributed by atoms with Crippen molar-refractivity contribution < 1.29 is 4.79 Å². The lowest BCUT2D eigenvalue weighted by Gasteiger charge is -2.20. The van der Waals surface area contributed by atoms with Gasteiger partial charge in [-0.3, -0.25) is 9.59 Å². The van der Waals surface area contributed by atoms with Gasteiger partial charge in [0.25, 0.3) is 5.56 Å². The first-order chi connectivity index (χ1) is 12.2. The minimum absolute atomic E-state index is 0.0685. The summed E-state index contributed by atoms with van der Waals surface area (Å²) < 4.78 is 0. The summed E-state index contributed by atoms with van der Waals surface area (Å²) >= 11 is 1.48. The van der Waals surface area contributed by atoms with Crippen molar-refractivity contribution in [2.75, 3.05) is 13.1 Å². The van der Waals surface area contributed by atoms with Gasteiger partial charge in [-0.05, 0) is 18.4 Å². The summed E-state index contributed by atoms with van der Waals surface area (Å²) in [4.78, 5) is 33.5. The van der Waals surface area contributed by atoms with Gasteiger partial charge in [0.05, 0.1) is 12.1 Å². The highest BCUT2D eigenvalue weighted by molar-refractivity contribution is 7.98. The zero-order valence-corrected chi connectivity index (χ0v) is 15.1. The number of likely N-dealkylation sites (tertiary alicyclic amines) is 1. The SMILES string of the molecule is O=C(Cc1cc(=O)[nH]c(SCc2ccccc2)n1)N1CCCCCC1. The second kappa shape index (κ2) is 8.85. The molecule has 2 heterocycles. The van der Waals surface area contributed by atoms with Crippen molar-refractivity contribution in [2.24, 2.45) is 0 Å². The molecule has 0 saturated carbocycles. The van der Waals surface area contributed by atoms with E-state index in [0.29, 0.717) is 10.9 Å². The lowest BCUT2D eigenvalue weighted by atomic mass is 10.2. The van der Waals surface area contributed by atoms with E-state index >= 15 is 0 Å². The quantitative estimate of drug-likeness (QED) is 0.660. The van der Waals surface area contributed by atoms with Crippen LogP contribution in [0.15, 0.2) is 46.3 Å². The Morgan fingerprint density at radius 2 is 1.84 bits per heavy atom. The van der Waals surface area contributed by atoms with Gasteiger partial charge in [-0.2, -0.15) is 0 Å². The molecule has 1 aromatic heterocycles. The molecule has 1 fully saturated rings. The lowest BCUT2D eigenvalue weighted by Crippen LogP contribution is -2.33. The van der Waals surface area contributed by atoms with Crippen LogP contribution in [0.25, 0.3) is 0 Å². The van der Waals surface area contributed by atoms with Crippen LogP contribution in [-0.4, -0.2) is 33.9 Å². The van der Waals surface area contributed by atoms with Crippen LogP contribution < -0.4 is 5.56 Å². The highest BCUT2D eigenvalue weighted by atomic mass is 32.2. The molecule has 0 unspecified atom stereocenters. The van der Waals surface area contributed by atoms with Gasteiger partial charge in [0, 0.05) is 24.9 Å². The Labute approximate surface area is 151 Å². The third-order valence-electron chi connectivity index (χ3n) is 4.28.